The van der Waals surface area contributed by atoms with Crippen molar-refractivity contribution in [3.63, 3.8) is 0 Å². The molecule has 2 heteroatoms. The van der Waals surface area contributed by atoms with Crippen LogP contribution in [0.5, 0.6) is 0 Å². The molecule has 16 heavy (non-hydrogen) atoms. The lowest BCUT2D eigenvalue weighted by Gasteiger charge is -2.43. The molecule has 1 aliphatic heterocycles. The molecule has 1 aliphatic carbocycles. The van der Waals surface area contributed by atoms with E-state index in [0.29, 0.717) is 5.41 Å². The van der Waals surface area contributed by atoms with Crippen molar-refractivity contribution >= 4 is 11.8 Å². The predicted molar refractivity (Wildman–Crippen MR) is 74.1 cm³/mol. The van der Waals surface area contributed by atoms with E-state index in [-0.39, 0.29) is 0 Å². The summed E-state index contributed by atoms with van der Waals surface area (Å²) >= 11 is 2.15. The quantitative estimate of drug-likeness (QED) is 0.788. The van der Waals surface area contributed by atoms with Gasteiger partial charge in [-0.3, -0.25) is 0 Å². The second-order valence-electron chi connectivity index (χ2n) is 6.28. The van der Waals surface area contributed by atoms with Crippen LogP contribution in [0.15, 0.2) is 0 Å². The monoisotopic (exact) mass is 241 g/mol. The Morgan fingerprint density at radius 2 is 1.94 bits per heavy atom. The Bertz CT molecular complexity index is 227. The molecule has 3 unspecified atom stereocenters. The highest BCUT2D eigenvalue weighted by Gasteiger charge is 2.34. The van der Waals surface area contributed by atoms with E-state index in [1.807, 2.05) is 0 Å². The van der Waals surface area contributed by atoms with Gasteiger partial charge in [-0.25, -0.2) is 0 Å². The third-order valence-electron chi connectivity index (χ3n) is 4.53. The fraction of sp³-hybridized carbons (Fsp3) is 1.00. The minimum atomic E-state index is 0.514. The van der Waals surface area contributed by atoms with E-state index in [0.717, 1.165) is 17.3 Å². The molecular formula is C14H27NS. The fourth-order valence-corrected chi connectivity index (χ4v) is 4.36. The van der Waals surface area contributed by atoms with Crippen LogP contribution in [0, 0.1) is 5.41 Å². The van der Waals surface area contributed by atoms with Crippen molar-refractivity contribution in [2.24, 2.45) is 5.41 Å². The van der Waals surface area contributed by atoms with E-state index in [1.54, 1.807) is 0 Å². The zero-order valence-corrected chi connectivity index (χ0v) is 11.9. The minimum Gasteiger partial charge on any atom is -0.310 e. The molecule has 0 spiro atoms. The van der Waals surface area contributed by atoms with E-state index in [1.165, 1.54) is 44.3 Å². The van der Waals surface area contributed by atoms with Gasteiger partial charge in [-0.15, -0.1) is 0 Å². The molecule has 1 nitrogen and oxygen atoms in total. The first-order chi connectivity index (χ1) is 7.59. The molecule has 2 rings (SSSR count). The zero-order chi connectivity index (χ0) is 11.6. The van der Waals surface area contributed by atoms with Crippen LogP contribution in [0.4, 0.5) is 0 Å². The smallest absolute Gasteiger partial charge is 0.0186 e. The highest BCUT2D eigenvalue weighted by Crippen LogP contribution is 2.37. The molecule has 0 aromatic rings. The molecule has 0 aromatic heterocycles. The van der Waals surface area contributed by atoms with Crippen LogP contribution in [0.3, 0.4) is 0 Å². The third kappa shape index (κ3) is 2.95. The van der Waals surface area contributed by atoms with E-state index in [9.17, 15) is 0 Å². The lowest BCUT2D eigenvalue weighted by molar-refractivity contribution is 0.152. The van der Waals surface area contributed by atoms with Gasteiger partial charge in [0.05, 0.1) is 0 Å². The summed E-state index contributed by atoms with van der Waals surface area (Å²) in [5.74, 6) is 1.37. The van der Waals surface area contributed by atoms with Crippen molar-refractivity contribution < 1.29 is 0 Å². The minimum absolute atomic E-state index is 0.514. The van der Waals surface area contributed by atoms with Gasteiger partial charge in [0, 0.05) is 17.3 Å². The second-order valence-corrected chi connectivity index (χ2v) is 7.76. The molecular weight excluding hydrogens is 214 g/mol. The number of nitrogens with one attached hydrogen (secondary N) is 1. The van der Waals surface area contributed by atoms with Gasteiger partial charge >= 0.3 is 0 Å². The molecule has 1 saturated carbocycles. The summed E-state index contributed by atoms with van der Waals surface area (Å²) in [6, 6.07) is 1.52. The topological polar surface area (TPSA) is 12.0 Å². The molecule has 2 fully saturated rings. The van der Waals surface area contributed by atoms with Gasteiger partial charge in [0.25, 0.3) is 0 Å². The van der Waals surface area contributed by atoms with Crippen LogP contribution in [0.2, 0.25) is 0 Å². The number of thioether (sulfide) groups is 1. The molecule has 1 N–H and O–H groups in total. The maximum Gasteiger partial charge on any atom is 0.0186 e. The zero-order valence-electron chi connectivity index (χ0n) is 11.1. The molecule has 1 saturated heterocycles. The highest BCUT2D eigenvalue weighted by atomic mass is 32.2. The van der Waals surface area contributed by atoms with Crippen LogP contribution in [-0.2, 0) is 0 Å². The Morgan fingerprint density at radius 3 is 2.62 bits per heavy atom. The molecule has 0 bridgehead atoms. The maximum absolute atomic E-state index is 3.98. The average molecular weight is 241 g/mol. The van der Waals surface area contributed by atoms with Crippen molar-refractivity contribution in [3.8, 4) is 0 Å². The summed E-state index contributed by atoms with van der Waals surface area (Å²) in [4.78, 5) is 0. The Morgan fingerprint density at radius 1 is 1.12 bits per heavy atom. The fourth-order valence-electron chi connectivity index (χ4n) is 3.20. The van der Waals surface area contributed by atoms with Crippen LogP contribution < -0.4 is 5.32 Å². The summed E-state index contributed by atoms with van der Waals surface area (Å²) in [6.45, 7) is 7.30. The van der Waals surface area contributed by atoms with Crippen molar-refractivity contribution in [1.29, 1.82) is 0 Å². The first-order valence-electron chi connectivity index (χ1n) is 6.97. The summed E-state index contributed by atoms with van der Waals surface area (Å²) in [5, 5.41) is 4.79. The lowest BCUT2D eigenvalue weighted by atomic mass is 9.73. The van der Waals surface area contributed by atoms with Crippen molar-refractivity contribution in [2.45, 2.75) is 76.6 Å². The summed E-state index contributed by atoms with van der Waals surface area (Å²) in [7, 11) is 0. The average Bonchev–Trinajstić information content (AvgIpc) is 2.24. The summed E-state index contributed by atoms with van der Waals surface area (Å²) in [5.41, 5.74) is 0.514. The maximum atomic E-state index is 3.98. The Balaban J connectivity index is 1.91. The van der Waals surface area contributed by atoms with Gasteiger partial charge < -0.3 is 5.32 Å². The Kier molecular flexibility index (Phi) is 4.23. The normalized spacial score (nSPS) is 39.6. The SMILES string of the molecule is CC1SCCCC1NC1CCCCC1(C)C. The first-order valence-corrected chi connectivity index (χ1v) is 8.02. The third-order valence-corrected chi connectivity index (χ3v) is 5.91. The second kappa shape index (κ2) is 5.30. The molecule has 2 aliphatic rings. The molecule has 0 amide bonds. The molecule has 1 heterocycles. The van der Waals surface area contributed by atoms with Gasteiger partial charge in [-0.1, -0.05) is 33.6 Å². The van der Waals surface area contributed by atoms with Gasteiger partial charge in [0.15, 0.2) is 0 Å². The van der Waals surface area contributed by atoms with Crippen molar-refractivity contribution in [2.75, 3.05) is 5.75 Å². The molecule has 0 radical (unpaired) electrons. The van der Waals surface area contributed by atoms with Crippen molar-refractivity contribution in [3.05, 3.63) is 0 Å². The van der Waals surface area contributed by atoms with Gasteiger partial charge in [-0.2, -0.15) is 11.8 Å². The number of rotatable bonds is 2. The van der Waals surface area contributed by atoms with Crippen LogP contribution >= 0.6 is 11.8 Å². The van der Waals surface area contributed by atoms with Crippen LogP contribution in [0.1, 0.15) is 59.3 Å². The van der Waals surface area contributed by atoms with Gasteiger partial charge in [0.2, 0.25) is 0 Å². The Labute approximate surface area is 105 Å². The molecule has 3 atom stereocenters. The number of hydrogen-bond donors (Lipinski definition) is 1. The van der Waals surface area contributed by atoms with Gasteiger partial charge in [0.1, 0.15) is 0 Å². The van der Waals surface area contributed by atoms with E-state index >= 15 is 0 Å². The number of hydrogen-bond acceptors (Lipinski definition) is 2. The molecule has 0 aromatic carbocycles. The predicted octanol–water partition coefficient (Wildman–Crippen LogP) is 3.83. The Hall–Kier alpha value is 0.310. The van der Waals surface area contributed by atoms with E-state index < -0.39 is 0 Å². The van der Waals surface area contributed by atoms with E-state index in [4.69, 9.17) is 0 Å². The van der Waals surface area contributed by atoms with Crippen LogP contribution in [0.25, 0.3) is 0 Å². The van der Waals surface area contributed by atoms with Gasteiger partial charge in [-0.05, 0) is 36.9 Å². The van der Waals surface area contributed by atoms with Crippen LogP contribution in [-0.4, -0.2) is 23.1 Å². The summed E-state index contributed by atoms with van der Waals surface area (Å²) < 4.78 is 0. The summed E-state index contributed by atoms with van der Waals surface area (Å²) in [6.07, 6.45) is 8.44. The van der Waals surface area contributed by atoms with E-state index in [2.05, 4.69) is 37.8 Å². The lowest BCUT2D eigenvalue weighted by Crippen LogP contribution is -2.52. The largest absolute Gasteiger partial charge is 0.310 e. The standard InChI is InChI=1S/C14H27NS/c1-11-12(7-6-10-16-11)15-13-8-4-5-9-14(13,2)3/h11-13,15H,4-10H2,1-3H3. The first kappa shape index (κ1) is 12.8. The molecule has 94 valence electrons. The highest BCUT2D eigenvalue weighted by molar-refractivity contribution is 7.99. The van der Waals surface area contributed by atoms with Crippen molar-refractivity contribution in [1.82, 2.24) is 5.32 Å².